The molecule has 0 spiro atoms. The molecule has 0 aromatic carbocycles. The summed E-state index contributed by atoms with van der Waals surface area (Å²) in [5, 5.41) is 5.55. The Balaban J connectivity index is 1.62. The molecule has 0 amide bonds. The Hall–Kier alpha value is -1.36. The second-order valence-corrected chi connectivity index (χ2v) is 7.07. The zero-order valence-electron chi connectivity index (χ0n) is 10.5. The maximum Gasteiger partial charge on any atom is 0.169 e. The number of thioether (sulfide) groups is 1. The third kappa shape index (κ3) is 1.96. The second-order valence-electron chi connectivity index (χ2n) is 5.47. The lowest BCUT2D eigenvalue weighted by molar-refractivity contribution is 0.0906. The van der Waals surface area contributed by atoms with E-state index in [1.54, 1.807) is 16.9 Å². The lowest BCUT2D eigenvalue weighted by atomic mass is 9.91. The van der Waals surface area contributed by atoms with Crippen LogP contribution in [0, 0.1) is 5.92 Å². The van der Waals surface area contributed by atoms with Crippen molar-refractivity contribution in [3.8, 4) is 0 Å². The summed E-state index contributed by atoms with van der Waals surface area (Å²) in [5.74, 6) is 0.440. The number of carbonyl (C=O) groups is 1. The Kier molecular flexibility index (Phi) is 2.62. The molecule has 19 heavy (non-hydrogen) atoms. The van der Waals surface area contributed by atoms with E-state index in [4.69, 9.17) is 0 Å². The Bertz CT molecular complexity index is 626. The smallest absolute Gasteiger partial charge is 0.169 e. The molecule has 98 valence electrons. The number of Topliss-reactive ketones (excluding diaryl/α,β-unsaturated/α-hetero) is 1. The highest BCUT2D eigenvalue weighted by atomic mass is 32.2. The van der Waals surface area contributed by atoms with E-state index >= 15 is 0 Å². The highest BCUT2D eigenvalue weighted by molar-refractivity contribution is 8.00. The summed E-state index contributed by atoms with van der Waals surface area (Å²) in [6.07, 6.45) is 9.87. The van der Waals surface area contributed by atoms with Crippen molar-refractivity contribution < 1.29 is 4.79 Å². The van der Waals surface area contributed by atoms with Gasteiger partial charge in [0.15, 0.2) is 11.4 Å². The zero-order chi connectivity index (χ0) is 12.8. The Morgan fingerprint density at radius 1 is 1.32 bits per heavy atom. The average Bonchev–Trinajstić information content (AvgIpc) is 3.03. The first kappa shape index (κ1) is 11.5. The summed E-state index contributed by atoms with van der Waals surface area (Å²) < 4.78 is 1.68. The molecule has 5 heteroatoms. The Labute approximate surface area is 115 Å². The predicted octanol–water partition coefficient (Wildman–Crippen LogP) is 2.59. The first-order valence-corrected chi connectivity index (χ1v) is 7.73. The minimum absolute atomic E-state index is 0.188. The van der Waals surface area contributed by atoms with Crippen molar-refractivity contribution in [3.63, 3.8) is 0 Å². The molecule has 2 unspecified atom stereocenters. The van der Waals surface area contributed by atoms with E-state index in [0.717, 1.165) is 18.5 Å². The maximum absolute atomic E-state index is 12.6. The van der Waals surface area contributed by atoms with Crippen molar-refractivity contribution >= 4 is 23.2 Å². The minimum Gasteiger partial charge on any atom is -0.294 e. The molecule has 2 bridgehead atoms. The van der Waals surface area contributed by atoms with Crippen LogP contribution in [0.5, 0.6) is 0 Å². The zero-order valence-corrected chi connectivity index (χ0v) is 11.3. The van der Waals surface area contributed by atoms with Crippen LogP contribution < -0.4 is 0 Å². The average molecular weight is 273 g/mol. The van der Waals surface area contributed by atoms with Crippen LogP contribution in [0.1, 0.15) is 36.0 Å². The molecular formula is C14H15N3OS. The molecule has 0 aliphatic carbocycles. The number of carbonyl (C=O) groups excluding carboxylic acids is 1. The van der Waals surface area contributed by atoms with Crippen LogP contribution in [0.15, 0.2) is 24.7 Å². The third-order valence-electron chi connectivity index (χ3n) is 4.19. The van der Waals surface area contributed by atoms with Gasteiger partial charge in [0.05, 0.1) is 11.8 Å². The number of ketones is 1. The Morgan fingerprint density at radius 3 is 2.89 bits per heavy atom. The normalized spacial score (nSPS) is 29.8. The molecule has 4 heterocycles. The molecule has 4 rings (SSSR count). The van der Waals surface area contributed by atoms with Gasteiger partial charge < -0.3 is 0 Å². The van der Waals surface area contributed by atoms with E-state index in [9.17, 15) is 4.79 Å². The van der Waals surface area contributed by atoms with E-state index in [2.05, 4.69) is 21.8 Å². The van der Waals surface area contributed by atoms with E-state index in [1.807, 2.05) is 12.3 Å². The van der Waals surface area contributed by atoms with E-state index in [0.29, 0.717) is 16.1 Å². The van der Waals surface area contributed by atoms with Gasteiger partial charge in [0.25, 0.3) is 0 Å². The highest BCUT2D eigenvalue weighted by Gasteiger charge is 2.38. The molecule has 2 aliphatic rings. The summed E-state index contributed by atoms with van der Waals surface area (Å²) in [7, 11) is 0. The van der Waals surface area contributed by atoms with Crippen LogP contribution in [0.25, 0.3) is 5.65 Å². The summed E-state index contributed by atoms with van der Waals surface area (Å²) in [5.41, 5.74) is 1.49. The predicted molar refractivity (Wildman–Crippen MR) is 74.4 cm³/mol. The van der Waals surface area contributed by atoms with Crippen LogP contribution in [0.4, 0.5) is 0 Å². The lowest BCUT2D eigenvalue weighted by Crippen LogP contribution is -2.25. The number of hydrogen-bond donors (Lipinski definition) is 0. The van der Waals surface area contributed by atoms with Gasteiger partial charge in [-0.15, -0.1) is 0 Å². The minimum atomic E-state index is 0.188. The second kappa shape index (κ2) is 4.34. The fourth-order valence-corrected chi connectivity index (χ4v) is 5.02. The molecule has 2 aromatic heterocycles. The van der Waals surface area contributed by atoms with Gasteiger partial charge >= 0.3 is 0 Å². The van der Waals surface area contributed by atoms with Gasteiger partial charge in [-0.3, -0.25) is 4.79 Å². The fraction of sp³-hybridized carbons (Fsp3) is 0.500. The van der Waals surface area contributed by atoms with E-state index in [1.165, 1.54) is 12.8 Å². The summed E-state index contributed by atoms with van der Waals surface area (Å²) in [4.78, 5) is 16.9. The molecule has 0 N–H and O–H groups in total. The summed E-state index contributed by atoms with van der Waals surface area (Å²) >= 11 is 2.09. The first-order valence-electron chi connectivity index (χ1n) is 6.78. The molecule has 0 saturated carbocycles. The molecule has 2 fully saturated rings. The molecule has 2 aliphatic heterocycles. The molecular weight excluding hydrogens is 258 g/mol. The number of hydrogen-bond acceptors (Lipinski definition) is 4. The lowest BCUT2D eigenvalue weighted by Gasteiger charge is -2.26. The van der Waals surface area contributed by atoms with Crippen molar-refractivity contribution in [3.05, 3.63) is 30.2 Å². The standard InChI is InChI=1S/C14H15N3OS/c18-14(9-5-11-1-2-12(6-9)19-11)10-7-15-13-3-4-16-17(13)8-10/h3-4,7-9,11-12H,1-2,5-6H2. The number of aromatic nitrogens is 3. The quantitative estimate of drug-likeness (QED) is 0.789. The van der Waals surface area contributed by atoms with E-state index < -0.39 is 0 Å². The van der Waals surface area contributed by atoms with Crippen molar-refractivity contribution in [1.29, 1.82) is 0 Å². The largest absolute Gasteiger partial charge is 0.294 e. The number of nitrogens with zero attached hydrogens (tertiary/aromatic N) is 3. The van der Waals surface area contributed by atoms with Gasteiger partial charge in [0.2, 0.25) is 0 Å². The van der Waals surface area contributed by atoms with Crippen LogP contribution in [-0.2, 0) is 0 Å². The topological polar surface area (TPSA) is 47.3 Å². The van der Waals surface area contributed by atoms with Crippen LogP contribution >= 0.6 is 11.8 Å². The van der Waals surface area contributed by atoms with Crippen molar-refractivity contribution in [2.75, 3.05) is 0 Å². The number of rotatable bonds is 2. The molecule has 2 aromatic rings. The fourth-order valence-electron chi connectivity index (χ4n) is 3.24. The molecule has 2 atom stereocenters. The summed E-state index contributed by atoms with van der Waals surface area (Å²) in [6.45, 7) is 0. The highest BCUT2D eigenvalue weighted by Crippen LogP contribution is 2.46. The van der Waals surface area contributed by atoms with Crippen molar-refractivity contribution in [1.82, 2.24) is 14.6 Å². The van der Waals surface area contributed by atoms with Crippen LogP contribution in [-0.4, -0.2) is 30.9 Å². The molecule has 2 saturated heterocycles. The van der Waals surface area contributed by atoms with Gasteiger partial charge in [0.1, 0.15) is 0 Å². The van der Waals surface area contributed by atoms with Crippen molar-refractivity contribution in [2.45, 2.75) is 36.2 Å². The Morgan fingerprint density at radius 2 is 2.11 bits per heavy atom. The van der Waals surface area contributed by atoms with Gasteiger partial charge in [-0.25, -0.2) is 9.50 Å². The van der Waals surface area contributed by atoms with Crippen LogP contribution in [0.2, 0.25) is 0 Å². The monoisotopic (exact) mass is 273 g/mol. The van der Waals surface area contributed by atoms with Gasteiger partial charge in [-0.05, 0) is 25.7 Å². The van der Waals surface area contributed by atoms with Gasteiger partial charge in [-0.1, -0.05) is 0 Å². The van der Waals surface area contributed by atoms with E-state index in [-0.39, 0.29) is 11.7 Å². The summed E-state index contributed by atoms with van der Waals surface area (Å²) in [6, 6.07) is 1.84. The SMILES string of the molecule is O=C(c1cnc2ccnn2c1)C1CC2CCC(C1)S2. The van der Waals surface area contributed by atoms with Crippen LogP contribution in [0.3, 0.4) is 0 Å². The van der Waals surface area contributed by atoms with Gasteiger partial charge in [-0.2, -0.15) is 16.9 Å². The third-order valence-corrected chi connectivity index (χ3v) is 5.82. The first-order chi connectivity index (χ1) is 9.29. The van der Waals surface area contributed by atoms with Crippen molar-refractivity contribution in [2.24, 2.45) is 5.92 Å². The maximum atomic E-state index is 12.6. The number of fused-ring (bicyclic) bond motifs is 3. The molecule has 4 nitrogen and oxygen atoms in total. The van der Waals surface area contributed by atoms with Gasteiger partial charge in [0, 0.05) is 34.9 Å². The molecule has 0 radical (unpaired) electrons.